The minimum atomic E-state index is -0.240. The Kier molecular flexibility index (Phi) is 3.44. The number of carbonyl (C=O) groups is 1. The van der Waals surface area contributed by atoms with Gasteiger partial charge in [-0.05, 0) is 16.3 Å². The molecule has 0 atom stereocenters. The number of methoxy groups -OCH3 is 1. The average Bonchev–Trinajstić information content (AvgIpc) is 2.84. The second kappa shape index (κ2) is 5.20. The molecule has 88 valence electrons. The Morgan fingerprint density at radius 3 is 2.59 bits per heavy atom. The van der Waals surface area contributed by atoms with Crippen LogP contribution in [0.3, 0.4) is 0 Å². The largest absolute Gasteiger partial charge is 0.469 e. The van der Waals surface area contributed by atoms with E-state index in [4.69, 9.17) is 0 Å². The highest BCUT2D eigenvalue weighted by molar-refractivity contribution is 5.72. The van der Waals surface area contributed by atoms with Gasteiger partial charge in [0, 0.05) is 0 Å². The molecule has 17 heavy (non-hydrogen) atoms. The molecular weight excluding hydrogens is 220 g/mol. The van der Waals surface area contributed by atoms with Gasteiger partial charge in [0.25, 0.3) is 0 Å². The zero-order chi connectivity index (χ0) is 12.1. The Bertz CT molecular complexity index is 479. The fourth-order valence-electron chi connectivity index (χ4n) is 1.43. The Balaban J connectivity index is 2.00. The van der Waals surface area contributed by atoms with E-state index < -0.39 is 0 Å². The first-order valence-electron chi connectivity index (χ1n) is 5.13. The Hall–Kier alpha value is -2.24. The number of hydrogen-bond donors (Lipinski definition) is 0. The highest BCUT2D eigenvalue weighted by atomic mass is 16.5. The molecule has 0 spiro atoms. The van der Waals surface area contributed by atoms with E-state index >= 15 is 0 Å². The van der Waals surface area contributed by atoms with E-state index in [1.165, 1.54) is 18.2 Å². The molecule has 0 saturated heterocycles. The van der Waals surface area contributed by atoms with E-state index in [0.717, 1.165) is 11.1 Å². The van der Waals surface area contributed by atoms with Crippen molar-refractivity contribution in [1.29, 1.82) is 0 Å². The standard InChI is InChI=1S/C11H12N4O2/c1-17-11(16)6-9-2-4-10(5-3-9)7-15-13-8-12-14-15/h2-5,8H,6-7H2,1H3. The smallest absolute Gasteiger partial charge is 0.309 e. The van der Waals surface area contributed by atoms with Crippen LogP contribution in [0.25, 0.3) is 0 Å². The lowest BCUT2D eigenvalue weighted by atomic mass is 10.1. The summed E-state index contributed by atoms with van der Waals surface area (Å²) in [4.78, 5) is 12.6. The summed E-state index contributed by atoms with van der Waals surface area (Å²) in [5, 5.41) is 11.3. The first-order valence-corrected chi connectivity index (χ1v) is 5.13. The van der Waals surface area contributed by atoms with Gasteiger partial charge in [0.2, 0.25) is 0 Å². The fraction of sp³-hybridized carbons (Fsp3) is 0.273. The normalized spacial score (nSPS) is 10.2. The predicted molar refractivity (Wildman–Crippen MR) is 59.1 cm³/mol. The number of ether oxygens (including phenoxy) is 1. The Morgan fingerprint density at radius 1 is 1.29 bits per heavy atom. The van der Waals surface area contributed by atoms with Crippen LogP contribution in [0.15, 0.2) is 30.6 Å². The molecule has 0 aliphatic carbocycles. The molecule has 0 amide bonds. The number of benzene rings is 1. The maximum Gasteiger partial charge on any atom is 0.309 e. The van der Waals surface area contributed by atoms with Crippen molar-refractivity contribution in [2.75, 3.05) is 7.11 Å². The van der Waals surface area contributed by atoms with E-state index in [-0.39, 0.29) is 5.97 Å². The molecule has 0 bridgehead atoms. The van der Waals surface area contributed by atoms with Crippen molar-refractivity contribution in [3.05, 3.63) is 41.7 Å². The molecule has 0 aliphatic rings. The van der Waals surface area contributed by atoms with Gasteiger partial charge in [0.05, 0.1) is 20.1 Å². The number of rotatable bonds is 4. The van der Waals surface area contributed by atoms with Crippen LogP contribution in [0, 0.1) is 0 Å². The maximum absolute atomic E-state index is 11.1. The van der Waals surface area contributed by atoms with Gasteiger partial charge in [-0.25, -0.2) is 0 Å². The van der Waals surface area contributed by atoms with Gasteiger partial charge in [-0.1, -0.05) is 24.3 Å². The summed E-state index contributed by atoms with van der Waals surface area (Å²) in [6.45, 7) is 0.568. The van der Waals surface area contributed by atoms with Gasteiger partial charge in [0.1, 0.15) is 0 Å². The average molecular weight is 232 g/mol. The summed E-state index contributed by atoms with van der Waals surface area (Å²) in [5.41, 5.74) is 1.98. The van der Waals surface area contributed by atoms with Crippen molar-refractivity contribution in [1.82, 2.24) is 20.2 Å². The second-order valence-corrected chi connectivity index (χ2v) is 3.54. The lowest BCUT2D eigenvalue weighted by Crippen LogP contribution is -2.06. The summed E-state index contributed by atoms with van der Waals surface area (Å²) in [6, 6.07) is 7.65. The number of carbonyl (C=O) groups excluding carboxylic acids is 1. The van der Waals surface area contributed by atoms with Gasteiger partial charge in [-0.3, -0.25) is 4.79 Å². The zero-order valence-corrected chi connectivity index (χ0v) is 9.41. The fourth-order valence-corrected chi connectivity index (χ4v) is 1.43. The number of aromatic nitrogens is 4. The molecule has 0 N–H and O–H groups in total. The summed E-state index contributed by atoms with van der Waals surface area (Å²) in [5.74, 6) is -0.240. The Labute approximate surface area is 98.2 Å². The first-order chi connectivity index (χ1) is 8.28. The lowest BCUT2D eigenvalue weighted by molar-refractivity contribution is -0.139. The molecule has 1 aromatic carbocycles. The highest BCUT2D eigenvalue weighted by Gasteiger charge is 2.03. The zero-order valence-electron chi connectivity index (χ0n) is 9.41. The molecule has 0 saturated carbocycles. The molecule has 2 rings (SSSR count). The van der Waals surface area contributed by atoms with Crippen molar-refractivity contribution in [3.8, 4) is 0 Å². The summed E-state index contributed by atoms with van der Waals surface area (Å²) < 4.78 is 4.60. The topological polar surface area (TPSA) is 69.9 Å². The van der Waals surface area contributed by atoms with Crippen molar-refractivity contribution >= 4 is 5.97 Å². The quantitative estimate of drug-likeness (QED) is 0.715. The third-order valence-corrected chi connectivity index (χ3v) is 2.31. The van der Waals surface area contributed by atoms with E-state index in [9.17, 15) is 4.79 Å². The maximum atomic E-state index is 11.1. The summed E-state index contributed by atoms with van der Waals surface area (Å²) in [6.07, 6.45) is 1.68. The van der Waals surface area contributed by atoms with Gasteiger partial charge in [0.15, 0.2) is 6.33 Å². The lowest BCUT2D eigenvalue weighted by Gasteiger charge is -2.02. The monoisotopic (exact) mass is 232 g/mol. The predicted octanol–water partition coefficient (Wildman–Crippen LogP) is 0.437. The highest BCUT2D eigenvalue weighted by Crippen LogP contribution is 2.06. The van der Waals surface area contributed by atoms with E-state index in [1.807, 2.05) is 24.3 Å². The van der Waals surface area contributed by atoms with Gasteiger partial charge in [-0.15, -0.1) is 10.2 Å². The van der Waals surface area contributed by atoms with Gasteiger partial charge < -0.3 is 4.74 Å². The van der Waals surface area contributed by atoms with Crippen LogP contribution in [0.5, 0.6) is 0 Å². The molecule has 0 unspecified atom stereocenters. The summed E-state index contributed by atoms with van der Waals surface area (Å²) in [7, 11) is 1.38. The van der Waals surface area contributed by atoms with Crippen molar-refractivity contribution in [3.63, 3.8) is 0 Å². The van der Waals surface area contributed by atoms with E-state index in [2.05, 4.69) is 20.1 Å². The van der Waals surface area contributed by atoms with Crippen LogP contribution in [-0.2, 0) is 22.5 Å². The SMILES string of the molecule is COC(=O)Cc1ccc(Cn2ncnn2)cc1. The molecule has 6 nitrogen and oxygen atoms in total. The molecule has 6 heteroatoms. The van der Waals surface area contributed by atoms with Crippen LogP contribution >= 0.6 is 0 Å². The number of hydrogen-bond acceptors (Lipinski definition) is 5. The minimum absolute atomic E-state index is 0.240. The Morgan fingerprint density at radius 2 is 2.00 bits per heavy atom. The number of nitrogens with zero attached hydrogens (tertiary/aromatic N) is 4. The van der Waals surface area contributed by atoms with E-state index in [0.29, 0.717) is 13.0 Å². The van der Waals surface area contributed by atoms with Crippen LogP contribution < -0.4 is 0 Å². The van der Waals surface area contributed by atoms with Crippen LogP contribution in [0.2, 0.25) is 0 Å². The minimum Gasteiger partial charge on any atom is -0.469 e. The summed E-state index contributed by atoms with van der Waals surface area (Å²) >= 11 is 0. The van der Waals surface area contributed by atoms with Crippen molar-refractivity contribution < 1.29 is 9.53 Å². The molecule has 1 aromatic heterocycles. The first kappa shape index (κ1) is 11.3. The van der Waals surface area contributed by atoms with Crippen LogP contribution in [-0.4, -0.2) is 33.3 Å². The third kappa shape index (κ3) is 3.10. The van der Waals surface area contributed by atoms with E-state index in [1.54, 1.807) is 0 Å². The molecule has 0 fully saturated rings. The van der Waals surface area contributed by atoms with Crippen LogP contribution in [0.1, 0.15) is 11.1 Å². The second-order valence-electron chi connectivity index (χ2n) is 3.54. The molecular formula is C11H12N4O2. The van der Waals surface area contributed by atoms with Crippen LogP contribution in [0.4, 0.5) is 0 Å². The molecule has 0 aliphatic heterocycles. The molecule has 1 heterocycles. The van der Waals surface area contributed by atoms with Gasteiger partial charge in [-0.2, -0.15) is 4.80 Å². The van der Waals surface area contributed by atoms with Crippen molar-refractivity contribution in [2.24, 2.45) is 0 Å². The third-order valence-electron chi connectivity index (χ3n) is 2.31. The molecule has 0 radical (unpaired) electrons. The van der Waals surface area contributed by atoms with Crippen molar-refractivity contribution in [2.45, 2.75) is 13.0 Å². The number of esters is 1. The van der Waals surface area contributed by atoms with Gasteiger partial charge >= 0.3 is 5.97 Å². The number of tetrazole rings is 1. The molecule has 2 aromatic rings.